The molecular formula is C26H31FN4O2. The fraction of sp³-hybridized carbons (Fsp3) is 0.462. The molecule has 1 aliphatic carbocycles. The average molecular weight is 451 g/mol. The summed E-state index contributed by atoms with van der Waals surface area (Å²) in [6.07, 6.45) is 9.82. The van der Waals surface area contributed by atoms with E-state index in [0.29, 0.717) is 24.3 Å². The van der Waals surface area contributed by atoms with E-state index < -0.39 is 5.60 Å². The van der Waals surface area contributed by atoms with Crippen molar-refractivity contribution in [1.82, 2.24) is 20.1 Å². The first kappa shape index (κ1) is 21.7. The molecule has 4 heterocycles. The van der Waals surface area contributed by atoms with Crippen LogP contribution in [-0.4, -0.2) is 58.7 Å². The molecule has 33 heavy (non-hydrogen) atoms. The van der Waals surface area contributed by atoms with Crippen molar-refractivity contribution < 1.29 is 13.9 Å². The summed E-state index contributed by atoms with van der Waals surface area (Å²) in [6.45, 7) is 6.94. The Bertz CT molecular complexity index is 1110. The summed E-state index contributed by atoms with van der Waals surface area (Å²) in [5.74, 6) is -0.257. The van der Waals surface area contributed by atoms with Crippen LogP contribution in [0.1, 0.15) is 51.3 Å². The Kier molecular flexibility index (Phi) is 5.30. The molecule has 4 aliphatic rings. The number of halogens is 1. The van der Waals surface area contributed by atoms with Crippen molar-refractivity contribution >= 4 is 17.6 Å². The Balaban J connectivity index is 1.41. The third kappa shape index (κ3) is 4.05. The molecule has 0 aromatic carbocycles. The molecule has 6 nitrogen and oxygen atoms in total. The van der Waals surface area contributed by atoms with E-state index in [1.807, 2.05) is 27.0 Å². The number of aromatic nitrogens is 1. The van der Waals surface area contributed by atoms with Gasteiger partial charge in [0.1, 0.15) is 11.4 Å². The van der Waals surface area contributed by atoms with Crippen LogP contribution in [0.15, 0.2) is 53.4 Å². The number of ether oxygens (including phenoxy) is 1. The fourth-order valence-corrected chi connectivity index (χ4v) is 5.18. The lowest BCUT2D eigenvalue weighted by Crippen LogP contribution is -2.43. The highest BCUT2D eigenvalue weighted by Gasteiger charge is 2.40. The van der Waals surface area contributed by atoms with Gasteiger partial charge in [-0.2, -0.15) is 0 Å². The second kappa shape index (κ2) is 8.04. The van der Waals surface area contributed by atoms with Crippen LogP contribution in [0.25, 0.3) is 11.5 Å². The summed E-state index contributed by atoms with van der Waals surface area (Å²) in [6, 6.07) is 3.82. The molecular weight excluding hydrogens is 419 g/mol. The number of likely N-dealkylation sites (N-methyl/N-ethyl adjacent to an activating group) is 1. The monoisotopic (exact) mass is 450 g/mol. The minimum atomic E-state index is -0.506. The van der Waals surface area contributed by atoms with E-state index in [1.165, 1.54) is 5.57 Å². The van der Waals surface area contributed by atoms with Crippen LogP contribution in [-0.2, 0) is 4.74 Å². The predicted octanol–water partition coefficient (Wildman–Crippen LogP) is 4.63. The van der Waals surface area contributed by atoms with Crippen molar-refractivity contribution in [2.24, 2.45) is 0 Å². The topological polar surface area (TPSA) is 57.7 Å². The summed E-state index contributed by atoms with van der Waals surface area (Å²) in [7, 11) is 2.05. The SMILES string of the molecule is CN1C=C2C=C(F)c3cccnc3C3=C2C1CC(C1=CCCN(C(=O)OC(C)(C)C)CC1)N3. The molecule has 5 rings (SSSR count). The molecule has 2 unspecified atom stereocenters. The Morgan fingerprint density at radius 2 is 2.12 bits per heavy atom. The maximum atomic E-state index is 15.0. The lowest BCUT2D eigenvalue weighted by atomic mass is 9.85. The number of hydrogen-bond acceptors (Lipinski definition) is 5. The highest BCUT2D eigenvalue weighted by molar-refractivity contribution is 5.85. The molecule has 3 aliphatic heterocycles. The van der Waals surface area contributed by atoms with Gasteiger partial charge in [-0.3, -0.25) is 4.98 Å². The molecule has 0 fully saturated rings. The van der Waals surface area contributed by atoms with Crippen LogP contribution in [0.3, 0.4) is 0 Å². The molecule has 1 amide bonds. The zero-order valence-corrected chi connectivity index (χ0v) is 19.7. The number of amides is 1. The van der Waals surface area contributed by atoms with Gasteiger partial charge in [0.25, 0.3) is 0 Å². The number of nitrogens with one attached hydrogen (secondary N) is 1. The minimum absolute atomic E-state index is 0.0959. The number of carbonyl (C=O) groups excluding carboxylic acids is 1. The first-order valence-corrected chi connectivity index (χ1v) is 11.7. The number of carbonyl (C=O) groups is 1. The summed E-state index contributed by atoms with van der Waals surface area (Å²) in [5.41, 5.74) is 4.91. The van der Waals surface area contributed by atoms with E-state index in [4.69, 9.17) is 4.74 Å². The summed E-state index contributed by atoms with van der Waals surface area (Å²) in [4.78, 5) is 21.1. The second-order valence-corrected chi connectivity index (χ2v) is 10.2. The van der Waals surface area contributed by atoms with E-state index in [2.05, 4.69) is 28.3 Å². The van der Waals surface area contributed by atoms with Gasteiger partial charge in [-0.25, -0.2) is 9.18 Å². The Labute approximate surface area is 194 Å². The maximum Gasteiger partial charge on any atom is 0.410 e. The summed E-state index contributed by atoms with van der Waals surface area (Å²) >= 11 is 0. The van der Waals surface area contributed by atoms with E-state index in [-0.39, 0.29) is 24.0 Å². The zero-order chi connectivity index (χ0) is 23.3. The molecule has 0 saturated heterocycles. The second-order valence-electron chi connectivity index (χ2n) is 10.2. The van der Waals surface area contributed by atoms with Crippen LogP contribution in [0.4, 0.5) is 9.18 Å². The normalized spacial score (nSPS) is 24.6. The Hall–Kier alpha value is -3.09. The Morgan fingerprint density at radius 1 is 1.30 bits per heavy atom. The first-order valence-electron chi connectivity index (χ1n) is 11.7. The van der Waals surface area contributed by atoms with Crippen molar-refractivity contribution in [3.05, 3.63) is 64.7 Å². The minimum Gasteiger partial charge on any atom is -0.444 e. The van der Waals surface area contributed by atoms with Crippen molar-refractivity contribution in [3.63, 3.8) is 0 Å². The standard InChI is InChI=1S/C26H31FN4O2/c1-26(2,3)33-25(32)31-11-6-7-16(9-12-31)20-14-21-22-17(15-30(21)4)13-19(27)18-8-5-10-28-23(18)24(22)29-20/h5,7-8,10,13,15,20-21,29H,6,9,11-12,14H2,1-4H3. The van der Waals surface area contributed by atoms with Gasteiger partial charge in [-0.15, -0.1) is 0 Å². The average Bonchev–Trinajstić information content (AvgIpc) is 2.92. The van der Waals surface area contributed by atoms with Gasteiger partial charge >= 0.3 is 6.09 Å². The van der Waals surface area contributed by atoms with Gasteiger partial charge in [0.05, 0.1) is 17.4 Å². The van der Waals surface area contributed by atoms with Crippen LogP contribution in [0.2, 0.25) is 0 Å². The van der Waals surface area contributed by atoms with Crippen molar-refractivity contribution in [2.45, 2.75) is 57.7 Å². The molecule has 0 spiro atoms. The van der Waals surface area contributed by atoms with Gasteiger partial charge < -0.3 is 19.9 Å². The summed E-state index contributed by atoms with van der Waals surface area (Å²) < 4.78 is 20.6. The van der Waals surface area contributed by atoms with E-state index in [9.17, 15) is 4.79 Å². The number of allylic oxidation sites excluding steroid dienone is 1. The van der Waals surface area contributed by atoms with Crippen LogP contribution in [0.5, 0.6) is 0 Å². The number of fused-ring (bicyclic) bond motifs is 2. The molecule has 0 radical (unpaired) electrons. The molecule has 174 valence electrons. The predicted molar refractivity (Wildman–Crippen MR) is 127 cm³/mol. The zero-order valence-electron chi connectivity index (χ0n) is 19.7. The Morgan fingerprint density at radius 3 is 2.91 bits per heavy atom. The quantitative estimate of drug-likeness (QED) is 0.632. The molecule has 1 aromatic rings. The van der Waals surface area contributed by atoms with Gasteiger partial charge in [0, 0.05) is 55.3 Å². The smallest absolute Gasteiger partial charge is 0.410 e. The van der Waals surface area contributed by atoms with Crippen LogP contribution < -0.4 is 5.32 Å². The van der Waals surface area contributed by atoms with Crippen molar-refractivity contribution in [1.29, 1.82) is 0 Å². The van der Waals surface area contributed by atoms with Gasteiger partial charge in [0.15, 0.2) is 0 Å². The van der Waals surface area contributed by atoms with Gasteiger partial charge in [0.2, 0.25) is 0 Å². The lowest BCUT2D eigenvalue weighted by molar-refractivity contribution is 0.0258. The highest BCUT2D eigenvalue weighted by atomic mass is 19.1. The van der Waals surface area contributed by atoms with Gasteiger partial charge in [-0.1, -0.05) is 11.6 Å². The fourth-order valence-electron chi connectivity index (χ4n) is 5.18. The number of nitrogens with zero attached hydrogens (tertiary/aromatic N) is 3. The number of rotatable bonds is 1. The lowest BCUT2D eigenvalue weighted by Gasteiger charge is -2.37. The number of hydrogen-bond donors (Lipinski definition) is 1. The number of pyridine rings is 1. The van der Waals surface area contributed by atoms with E-state index in [1.54, 1.807) is 29.3 Å². The highest BCUT2D eigenvalue weighted by Crippen LogP contribution is 2.44. The molecule has 1 N–H and O–H groups in total. The van der Waals surface area contributed by atoms with Crippen LogP contribution >= 0.6 is 0 Å². The van der Waals surface area contributed by atoms with Crippen molar-refractivity contribution in [3.8, 4) is 0 Å². The molecule has 2 atom stereocenters. The van der Waals surface area contributed by atoms with E-state index >= 15 is 4.39 Å². The van der Waals surface area contributed by atoms with E-state index in [0.717, 1.165) is 36.1 Å². The largest absolute Gasteiger partial charge is 0.444 e. The first-order chi connectivity index (χ1) is 15.7. The third-order valence-electron chi connectivity index (χ3n) is 6.68. The summed E-state index contributed by atoms with van der Waals surface area (Å²) in [5, 5.41) is 3.72. The molecule has 0 bridgehead atoms. The molecule has 7 heteroatoms. The molecule has 1 aromatic heterocycles. The van der Waals surface area contributed by atoms with Crippen LogP contribution in [0, 0.1) is 0 Å². The van der Waals surface area contributed by atoms with Gasteiger partial charge in [-0.05, 0) is 58.2 Å². The maximum absolute atomic E-state index is 15.0. The molecule has 0 saturated carbocycles. The van der Waals surface area contributed by atoms with Crippen molar-refractivity contribution in [2.75, 3.05) is 20.1 Å². The third-order valence-corrected chi connectivity index (χ3v) is 6.68.